The van der Waals surface area contributed by atoms with Crippen LogP contribution in [0.25, 0.3) is 0 Å². The maximum atomic E-state index is 9.54. The van der Waals surface area contributed by atoms with Gasteiger partial charge in [-0.25, -0.2) is 0 Å². The zero-order chi connectivity index (χ0) is 11.4. The van der Waals surface area contributed by atoms with Gasteiger partial charge in [-0.1, -0.05) is 25.0 Å². The second-order valence-electron chi connectivity index (χ2n) is 4.80. The molecule has 0 radical (unpaired) electrons. The highest BCUT2D eigenvalue weighted by molar-refractivity contribution is 5.30. The third-order valence-corrected chi connectivity index (χ3v) is 3.67. The van der Waals surface area contributed by atoms with Crippen LogP contribution in [0, 0.1) is 5.92 Å². The molecule has 2 heteroatoms. The highest BCUT2D eigenvalue weighted by Crippen LogP contribution is 2.38. The monoisotopic (exact) mass is 219 g/mol. The minimum Gasteiger partial charge on any atom is -0.508 e. The lowest BCUT2D eigenvalue weighted by atomic mass is 9.75. The van der Waals surface area contributed by atoms with Gasteiger partial charge in [-0.15, -0.1) is 0 Å². The number of hydrogen-bond acceptors (Lipinski definition) is 2. The van der Waals surface area contributed by atoms with E-state index in [1.165, 1.54) is 31.2 Å². The van der Waals surface area contributed by atoms with Gasteiger partial charge in [0.25, 0.3) is 0 Å². The molecule has 0 bridgehead atoms. The van der Waals surface area contributed by atoms with Gasteiger partial charge in [0.2, 0.25) is 0 Å². The number of phenolic OH excluding ortho intramolecular Hbond substituents is 1. The molecule has 2 nitrogen and oxygen atoms in total. The molecule has 88 valence electrons. The number of benzene rings is 1. The number of hydrogen-bond donors (Lipinski definition) is 2. The van der Waals surface area contributed by atoms with Gasteiger partial charge in [0, 0.05) is 0 Å². The van der Waals surface area contributed by atoms with Gasteiger partial charge >= 0.3 is 0 Å². The first-order valence-corrected chi connectivity index (χ1v) is 6.25. The molecule has 1 aromatic carbocycles. The third kappa shape index (κ3) is 2.56. The lowest BCUT2D eigenvalue weighted by Gasteiger charge is -2.31. The summed E-state index contributed by atoms with van der Waals surface area (Å²) in [5.74, 6) is 1.74. The van der Waals surface area contributed by atoms with Crippen LogP contribution < -0.4 is 5.32 Å². The second-order valence-corrected chi connectivity index (χ2v) is 4.80. The second kappa shape index (κ2) is 5.35. The molecule has 1 fully saturated rings. The molecule has 1 aromatic rings. The zero-order valence-electron chi connectivity index (χ0n) is 9.95. The van der Waals surface area contributed by atoms with Gasteiger partial charge in [-0.2, -0.15) is 0 Å². The van der Waals surface area contributed by atoms with E-state index >= 15 is 0 Å². The fraction of sp³-hybridized carbons (Fsp3) is 0.571. The largest absolute Gasteiger partial charge is 0.508 e. The number of aromatic hydroxyl groups is 1. The van der Waals surface area contributed by atoms with Crippen LogP contribution in [-0.4, -0.2) is 18.7 Å². The Hall–Kier alpha value is -1.02. The lowest BCUT2D eigenvalue weighted by molar-refractivity contribution is 0.300. The Morgan fingerprint density at radius 1 is 1.31 bits per heavy atom. The molecular weight excluding hydrogens is 198 g/mol. The van der Waals surface area contributed by atoms with E-state index in [-0.39, 0.29) is 0 Å². The van der Waals surface area contributed by atoms with Crippen molar-refractivity contribution in [3.8, 4) is 5.75 Å². The maximum Gasteiger partial charge on any atom is 0.115 e. The lowest BCUT2D eigenvalue weighted by Crippen LogP contribution is -2.27. The third-order valence-electron chi connectivity index (χ3n) is 3.67. The maximum absolute atomic E-state index is 9.54. The summed E-state index contributed by atoms with van der Waals surface area (Å²) >= 11 is 0. The number of nitrogens with one attached hydrogen (secondary N) is 1. The molecule has 0 amide bonds. The molecule has 0 aliphatic heterocycles. The highest BCUT2D eigenvalue weighted by atomic mass is 16.3. The van der Waals surface area contributed by atoms with Crippen LogP contribution in [0.1, 0.15) is 37.2 Å². The van der Waals surface area contributed by atoms with Crippen LogP contribution >= 0.6 is 0 Å². The summed E-state index contributed by atoms with van der Waals surface area (Å²) < 4.78 is 0. The minimum absolute atomic E-state index is 0.395. The molecule has 1 saturated carbocycles. The summed E-state index contributed by atoms with van der Waals surface area (Å²) in [7, 11) is 2.02. The molecular formula is C14H21NO. The Morgan fingerprint density at radius 3 is 2.88 bits per heavy atom. The van der Waals surface area contributed by atoms with Gasteiger partial charge in [0.15, 0.2) is 0 Å². The smallest absolute Gasteiger partial charge is 0.115 e. The Labute approximate surface area is 97.7 Å². The van der Waals surface area contributed by atoms with E-state index < -0.39 is 0 Å². The van der Waals surface area contributed by atoms with E-state index in [0.717, 1.165) is 12.5 Å². The van der Waals surface area contributed by atoms with Crippen molar-refractivity contribution < 1.29 is 5.11 Å². The summed E-state index contributed by atoms with van der Waals surface area (Å²) in [4.78, 5) is 0. The van der Waals surface area contributed by atoms with Crippen molar-refractivity contribution in [2.75, 3.05) is 13.6 Å². The van der Waals surface area contributed by atoms with Crippen molar-refractivity contribution in [1.82, 2.24) is 5.32 Å². The predicted octanol–water partition coefficient (Wildman–Crippen LogP) is 2.89. The quantitative estimate of drug-likeness (QED) is 0.819. The van der Waals surface area contributed by atoms with Crippen molar-refractivity contribution in [2.45, 2.75) is 31.6 Å². The molecule has 0 aromatic heterocycles. The summed E-state index contributed by atoms with van der Waals surface area (Å²) in [5, 5.41) is 12.8. The van der Waals surface area contributed by atoms with E-state index in [0.29, 0.717) is 11.7 Å². The average Bonchev–Trinajstić information content (AvgIpc) is 2.30. The van der Waals surface area contributed by atoms with Gasteiger partial charge in [0.05, 0.1) is 0 Å². The van der Waals surface area contributed by atoms with Gasteiger partial charge in [0.1, 0.15) is 5.75 Å². The van der Waals surface area contributed by atoms with E-state index in [1.807, 2.05) is 19.2 Å². The summed E-state index contributed by atoms with van der Waals surface area (Å²) in [6.07, 6.45) is 5.24. The fourth-order valence-corrected chi connectivity index (χ4v) is 2.91. The molecule has 2 rings (SSSR count). The van der Waals surface area contributed by atoms with Crippen molar-refractivity contribution >= 4 is 0 Å². The van der Waals surface area contributed by atoms with E-state index in [4.69, 9.17) is 0 Å². The predicted molar refractivity (Wildman–Crippen MR) is 66.7 cm³/mol. The normalized spacial score (nSPS) is 25.6. The first kappa shape index (κ1) is 11.5. The van der Waals surface area contributed by atoms with Crippen molar-refractivity contribution in [1.29, 1.82) is 0 Å². The molecule has 1 aliphatic rings. The molecule has 2 N–H and O–H groups in total. The van der Waals surface area contributed by atoms with Crippen LogP contribution in [-0.2, 0) is 0 Å². The fourth-order valence-electron chi connectivity index (χ4n) is 2.91. The Balaban J connectivity index is 2.16. The van der Waals surface area contributed by atoms with Crippen LogP contribution in [0.15, 0.2) is 24.3 Å². The Morgan fingerprint density at radius 2 is 2.12 bits per heavy atom. The number of rotatable bonds is 3. The molecule has 16 heavy (non-hydrogen) atoms. The summed E-state index contributed by atoms with van der Waals surface area (Å²) in [6, 6.07) is 7.78. The topological polar surface area (TPSA) is 32.3 Å². The average molecular weight is 219 g/mol. The van der Waals surface area contributed by atoms with Gasteiger partial charge in [-0.3, -0.25) is 0 Å². The Kier molecular flexibility index (Phi) is 3.83. The minimum atomic E-state index is 0.395. The highest BCUT2D eigenvalue weighted by Gasteiger charge is 2.25. The zero-order valence-corrected chi connectivity index (χ0v) is 9.95. The van der Waals surface area contributed by atoms with Crippen LogP contribution in [0.5, 0.6) is 5.75 Å². The van der Waals surface area contributed by atoms with Gasteiger partial charge < -0.3 is 10.4 Å². The van der Waals surface area contributed by atoms with E-state index in [1.54, 1.807) is 6.07 Å². The van der Waals surface area contributed by atoms with Crippen molar-refractivity contribution in [3.63, 3.8) is 0 Å². The SMILES string of the molecule is CNC[C@@H]1CCCC[C@H]1c1cccc(O)c1. The molecule has 0 heterocycles. The van der Waals surface area contributed by atoms with Crippen LogP contribution in [0.3, 0.4) is 0 Å². The molecule has 2 atom stereocenters. The van der Waals surface area contributed by atoms with E-state index in [2.05, 4.69) is 11.4 Å². The standard InChI is InChI=1S/C14H21NO/c1-15-10-12-5-2-3-8-14(12)11-6-4-7-13(16)9-11/h4,6-7,9,12,14-16H,2-3,5,8,10H2,1H3/t12-,14-/m0/s1. The summed E-state index contributed by atoms with van der Waals surface area (Å²) in [5.41, 5.74) is 1.31. The van der Waals surface area contributed by atoms with Gasteiger partial charge in [-0.05, 0) is 56.0 Å². The van der Waals surface area contributed by atoms with Crippen LogP contribution in [0.4, 0.5) is 0 Å². The number of phenols is 1. The first-order valence-electron chi connectivity index (χ1n) is 6.25. The molecule has 0 saturated heterocycles. The molecule has 0 spiro atoms. The summed E-state index contributed by atoms with van der Waals surface area (Å²) in [6.45, 7) is 1.08. The molecule has 0 unspecified atom stereocenters. The van der Waals surface area contributed by atoms with Crippen molar-refractivity contribution in [2.24, 2.45) is 5.92 Å². The Bertz CT molecular complexity index is 335. The van der Waals surface area contributed by atoms with Crippen molar-refractivity contribution in [3.05, 3.63) is 29.8 Å². The van der Waals surface area contributed by atoms with Crippen LogP contribution in [0.2, 0.25) is 0 Å². The van der Waals surface area contributed by atoms with E-state index in [9.17, 15) is 5.11 Å². The first-order chi connectivity index (χ1) is 7.81. The molecule has 1 aliphatic carbocycles.